The molecule has 0 amide bonds. The van der Waals surface area contributed by atoms with Crippen LogP contribution in [0.4, 0.5) is 8.78 Å². The van der Waals surface area contributed by atoms with Crippen LogP contribution >= 0.6 is 0 Å². The highest BCUT2D eigenvalue weighted by atomic mass is 19.3. The van der Waals surface area contributed by atoms with E-state index < -0.39 is 24.0 Å². The van der Waals surface area contributed by atoms with Gasteiger partial charge < -0.3 is 5.11 Å². The Hall–Kier alpha value is -0.780. The Morgan fingerprint density at radius 3 is 2.22 bits per heavy atom. The van der Waals surface area contributed by atoms with Crippen LogP contribution in [-0.2, 0) is 0 Å². The number of hydrogen-bond acceptors (Lipinski definition) is 3. The van der Waals surface area contributed by atoms with Crippen molar-refractivity contribution in [2.75, 3.05) is 6.54 Å². The van der Waals surface area contributed by atoms with Gasteiger partial charge in [-0.15, -0.1) is 0 Å². The molecule has 0 heterocycles. The smallest absolute Gasteiger partial charge is 0.270 e. The molecule has 0 radical (unpaired) electrons. The fourth-order valence-electron chi connectivity index (χ4n) is 0.232. The molecule has 0 spiro atoms. The van der Waals surface area contributed by atoms with Gasteiger partial charge in [-0.2, -0.15) is 0 Å². The monoisotopic (exact) mass is 141 g/mol. The highest BCUT2D eigenvalue weighted by molar-refractivity contribution is 4.53. The molecule has 0 aliphatic carbocycles. The average Bonchev–Trinajstić information content (AvgIpc) is 1.63. The molecule has 4 nitrogen and oxygen atoms in total. The van der Waals surface area contributed by atoms with E-state index in [0.29, 0.717) is 0 Å². The topological polar surface area (TPSA) is 63.4 Å². The molecular weight excluding hydrogens is 136 g/mol. The molecule has 54 valence electrons. The van der Waals surface area contributed by atoms with Gasteiger partial charge in [0, 0.05) is 4.92 Å². The van der Waals surface area contributed by atoms with Gasteiger partial charge in [-0.05, 0) is 0 Å². The molecule has 0 aliphatic heterocycles. The molecule has 0 saturated heterocycles. The lowest BCUT2D eigenvalue weighted by molar-refractivity contribution is -0.493. The molecule has 1 N–H and O–H groups in total. The summed E-state index contributed by atoms with van der Waals surface area (Å²) < 4.78 is 22.5. The second-order valence-corrected chi connectivity index (χ2v) is 1.42. The molecule has 0 saturated carbocycles. The number of alkyl halides is 2. The Morgan fingerprint density at radius 1 is 1.67 bits per heavy atom. The average molecular weight is 141 g/mol. The molecule has 0 rings (SSSR count). The maximum Gasteiger partial charge on any atom is 0.270 e. The highest BCUT2D eigenvalue weighted by Gasteiger charge is 2.21. The van der Waals surface area contributed by atoms with E-state index in [-0.39, 0.29) is 0 Å². The molecule has 0 bridgehead atoms. The predicted octanol–water partition coefficient (Wildman–Crippen LogP) is -0.111. The van der Waals surface area contributed by atoms with E-state index in [1.165, 1.54) is 0 Å². The molecule has 6 heteroatoms. The molecule has 9 heavy (non-hydrogen) atoms. The van der Waals surface area contributed by atoms with Gasteiger partial charge in [0.1, 0.15) is 0 Å². The number of nitrogens with zero attached hydrogens (tertiary/aromatic N) is 1. The van der Waals surface area contributed by atoms with Crippen LogP contribution in [0.15, 0.2) is 0 Å². The van der Waals surface area contributed by atoms with Crippen molar-refractivity contribution in [1.29, 1.82) is 0 Å². The number of rotatable bonds is 3. The molecule has 0 fully saturated rings. The first-order valence-electron chi connectivity index (χ1n) is 2.12. The Morgan fingerprint density at radius 2 is 2.11 bits per heavy atom. The maximum atomic E-state index is 11.2. The van der Waals surface area contributed by atoms with Gasteiger partial charge in [0.15, 0.2) is 6.10 Å². The van der Waals surface area contributed by atoms with Gasteiger partial charge >= 0.3 is 0 Å². The largest absolute Gasteiger partial charge is 0.381 e. The van der Waals surface area contributed by atoms with Crippen molar-refractivity contribution in [3.8, 4) is 0 Å². The predicted molar refractivity (Wildman–Crippen MR) is 23.9 cm³/mol. The zero-order chi connectivity index (χ0) is 7.44. The van der Waals surface area contributed by atoms with E-state index in [1.807, 2.05) is 0 Å². The van der Waals surface area contributed by atoms with Crippen molar-refractivity contribution in [1.82, 2.24) is 0 Å². The molecule has 0 aromatic carbocycles. The van der Waals surface area contributed by atoms with Crippen molar-refractivity contribution in [3.63, 3.8) is 0 Å². The third kappa shape index (κ3) is 3.77. The number of aliphatic hydroxyl groups excluding tert-OH is 1. The lowest BCUT2D eigenvalue weighted by Crippen LogP contribution is -2.26. The Kier molecular flexibility index (Phi) is 3.00. The number of hydrogen-bond donors (Lipinski definition) is 1. The molecular formula is C3H5F2NO3. The van der Waals surface area contributed by atoms with Gasteiger partial charge in [-0.3, -0.25) is 10.1 Å². The van der Waals surface area contributed by atoms with Gasteiger partial charge in [0.2, 0.25) is 6.54 Å². The number of aliphatic hydroxyl groups is 1. The summed E-state index contributed by atoms with van der Waals surface area (Å²) in [6, 6.07) is 0. The molecule has 0 unspecified atom stereocenters. The van der Waals surface area contributed by atoms with Crippen LogP contribution in [0.3, 0.4) is 0 Å². The van der Waals surface area contributed by atoms with E-state index in [2.05, 4.69) is 0 Å². The summed E-state index contributed by atoms with van der Waals surface area (Å²) in [5, 5.41) is 17.5. The molecule has 0 aromatic heterocycles. The lowest BCUT2D eigenvalue weighted by atomic mass is 10.4. The van der Waals surface area contributed by atoms with Crippen molar-refractivity contribution >= 4 is 0 Å². The van der Waals surface area contributed by atoms with E-state index in [0.717, 1.165) is 0 Å². The zero-order valence-corrected chi connectivity index (χ0v) is 4.33. The fraction of sp³-hybridized carbons (Fsp3) is 1.00. The van der Waals surface area contributed by atoms with Gasteiger partial charge in [0.25, 0.3) is 6.43 Å². The van der Waals surface area contributed by atoms with Gasteiger partial charge in [-0.25, -0.2) is 8.78 Å². The normalized spacial score (nSPS) is 13.8. The Labute approximate surface area is 49.2 Å². The summed E-state index contributed by atoms with van der Waals surface area (Å²) in [5.41, 5.74) is 0. The minimum absolute atomic E-state index is 0.989. The number of nitro groups is 1. The lowest BCUT2D eigenvalue weighted by Gasteiger charge is -2.01. The van der Waals surface area contributed by atoms with Crippen molar-refractivity contribution in [2.45, 2.75) is 12.5 Å². The molecule has 0 aliphatic rings. The summed E-state index contributed by atoms with van der Waals surface area (Å²) in [4.78, 5) is 8.44. The third-order valence-electron chi connectivity index (χ3n) is 0.627. The quantitative estimate of drug-likeness (QED) is 0.440. The Balaban J connectivity index is 3.50. The third-order valence-corrected chi connectivity index (χ3v) is 0.627. The van der Waals surface area contributed by atoms with Crippen molar-refractivity contribution < 1.29 is 18.8 Å². The second-order valence-electron chi connectivity index (χ2n) is 1.42. The summed E-state index contributed by atoms with van der Waals surface area (Å²) in [5.74, 6) is 0. The summed E-state index contributed by atoms with van der Waals surface area (Å²) in [6.07, 6.45) is -5.17. The van der Waals surface area contributed by atoms with Crippen LogP contribution in [0.5, 0.6) is 0 Å². The first-order chi connectivity index (χ1) is 4.04. The number of halogens is 2. The van der Waals surface area contributed by atoms with Crippen LogP contribution in [-0.4, -0.2) is 29.1 Å². The molecule has 0 aromatic rings. The first-order valence-corrected chi connectivity index (χ1v) is 2.12. The van der Waals surface area contributed by atoms with Crippen molar-refractivity contribution in [3.05, 3.63) is 10.1 Å². The SMILES string of the molecule is O=[N+]([O-])C[C@@H](O)C(F)F. The van der Waals surface area contributed by atoms with E-state index in [4.69, 9.17) is 5.11 Å². The van der Waals surface area contributed by atoms with Crippen LogP contribution in [0, 0.1) is 10.1 Å². The second kappa shape index (κ2) is 3.29. The Bertz CT molecular complexity index is 107. The van der Waals surface area contributed by atoms with Crippen LogP contribution in [0.25, 0.3) is 0 Å². The van der Waals surface area contributed by atoms with Gasteiger partial charge in [-0.1, -0.05) is 0 Å². The van der Waals surface area contributed by atoms with E-state index in [1.54, 1.807) is 0 Å². The maximum absolute atomic E-state index is 11.2. The van der Waals surface area contributed by atoms with Crippen LogP contribution in [0.1, 0.15) is 0 Å². The standard InChI is InChI=1S/C3H5F2NO3/c4-3(5)2(7)1-6(8)9/h2-3,7H,1H2/t2-/m1/s1. The van der Waals surface area contributed by atoms with Crippen LogP contribution < -0.4 is 0 Å². The summed E-state index contributed by atoms with van der Waals surface area (Å²) in [7, 11) is 0. The highest BCUT2D eigenvalue weighted by Crippen LogP contribution is 1.99. The van der Waals surface area contributed by atoms with Crippen molar-refractivity contribution in [2.24, 2.45) is 0 Å². The van der Waals surface area contributed by atoms with Gasteiger partial charge in [0.05, 0.1) is 0 Å². The minimum atomic E-state index is -3.03. The fourth-order valence-corrected chi connectivity index (χ4v) is 0.232. The molecule has 1 atom stereocenters. The van der Waals surface area contributed by atoms with E-state index in [9.17, 15) is 18.9 Å². The zero-order valence-electron chi connectivity index (χ0n) is 4.33. The summed E-state index contributed by atoms with van der Waals surface area (Å²) >= 11 is 0. The first kappa shape index (κ1) is 8.22. The van der Waals surface area contributed by atoms with E-state index >= 15 is 0 Å². The minimum Gasteiger partial charge on any atom is -0.381 e. The van der Waals surface area contributed by atoms with Crippen LogP contribution in [0.2, 0.25) is 0 Å². The summed E-state index contributed by atoms with van der Waals surface area (Å²) in [6.45, 7) is -1.10.